The van der Waals surface area contributed by atoms with Crippen LogP contribution in [0.5, 0.6) is 0 Å². The van der Waals surface area contributed by atoms with Crippen molar-refractivity contribution in [2.45, 2.75) is 31.7 Å². The van der Waals surface area contributed by atoms with Crippen LogP contribution in [0.25, 0.3) is 0 Å². The van der Waals surface area contributed by atoms with Crippen LogP contribution in [0.15, 0.2) is 54.1 Å². The molecule has 1 amide bonds. The van der Waals surface area contributed by atoms with Crippen LogP contribution in [0.3, 0.4) is 0 Å². The van der Waals surface area contributed by atoms with Gasteiger partial charge in [-0.15, -0.1) is 0 Å². The number of benzene rings is 1. The number of ether oxygens (including phenoxy) is 1. The molecule has 202 valence electrons. The standard InChI is InChI=1S/C25H27Cl2N5O5S/c1-3-9-38(35,36)22-11-21(30-15-31-22)29-12-17(25(34)37-4-2)10-16-5-7-18(8-6-16)32-24(33)23-19(26)13-28-14-20(23)27/h5-8,11,13-15,17H,3-4,9-10,12H2,1-2H3,(H,32,33)(H,29,30,31). The second-order valence-electron chi connectivity index (χ2n) is 8.22. The highest BCUT2D eigenvalue weighted by Gasteiger charge is 2.22. The summed E-state index contributed by atoms with van der Waals surface area (Å²) in [5.74, 6) is -1.21. The maximum Gasteiger partial charge on any atom is 0.311 e. The van der Waals surface area contributed by atoms with Crippen molar-refractivity contribution < 1.29 is 22.7 Å². The Labute approximate surface area is 231 Å². The fraction of sp³-hybridized carbons (Fsp3) is 0.320. The number of nitrogens with one attached hydrogen (secondary N) is 2. The van der Waals surface area contributed by atoms with E-state index in [2.05, 4.69) is 25.6 Å². The SMILES string of the molecule is CCCS(=O)(=O)c1cc(NCC(Cc2ccc(NC(=O)c3c(Cl)cncc3Cl)cc2)C(=O)OCC)ncn1. The third-order valence-electron chi connectivity index (χ3n) is 5.36. The number of nitrogens with zero attached hydrogens (tertiary/aromatic N) is 3. The quantitative estimate of drug-likeness (QED) is 0.235. The highest BCUT2D eigenvalue weighted by Crippen LogP contribution is 2.24. The summed E-state index contributed by atoms with van der Waals surface area (Å²) >= 11 is 12.1. The van der Waals surface area contributed by atoms with E-state index in [0.717, 1.165) is 5.56 Å². The van der Waals surface area contributed by atoms with Gasteiger partial charge in [-0.05, 0) is 37.5 Å². The van der Waals surface area contributed by atoms with Gasteiger partial charge in [0.15, 0.2) is 14.9 Å². The van der Waals surface area contributed by atoms with Crippen LogP contribution in [-0.4, -0.2) is 54.2 Å². The molecule has 2 aromatic heterocycles. The van der Waals surface area contributed by atoms with E-state index in [1.165, 1.54) is 24.8 Å². The third kappa shape index (κ3) is 7.86. The van der Waals surface area contributed by atoms with Gasteiger partial charge in [0.2, 0.25) is 0 Å². The molecule has 1 unspecified atom stereocenters. The van der Waals surface area contributed by atoms with Crippen LogP contribution >= 0.6 is 23.2 Å². The molecule has 3 aromatic rings. The zero-order valence-electron chi connectivity index (χ0n) is 20.8. The normalized spacial score (nSPS) is 12.0. The second kappa shape index (κ2) is 13.5. The van der Waals surface area contributed by atoms with E-state index in [1.807, 2.05) is 0 Å². The molecule has 13 heteroatoms. The predicted molar refractivity (Wildman–Crippen MR) is 145 cm³/mol. The molecule has 10 nitrogen and oxygen atoms in total. The number of sulfone groups is 1. The minimum Gasteiger partial charge on any atom is -0.466 e. The average Bonchev–Trinajstić information content (AvgIpc) is 2.87. The van der Waals surface area contributed by atoms with Crippen molar-refractivity contribution in [3.8, 4) is 0 Å². The van der Waals surface area contributed by atoms with Gasteiger partial charge in [-0.1, -0.05) is 42.3 Å². The first-order valence-corrected chi connectivity index (χ1v) is 14.2. The lowest BCUT2D eigenvalue weighted by Crippen LogP contribution is -2.27. The molecular formula is C25H27Cl2N5O5S. The molecule has 0 spiro atoms. The van der Waals surface area contributed by atoms with E-state index < -0.39 is 27.6 Å². The first-order chi connectivity index (χ1) is 18.1. The number of aromatic nitrogens is 3. The molecule has 3 rings (SSSR count). The summed E-state index contributed by atoms with van der Waals surface area (Å²) < 4.78 is 29.9. The van der Waals surface area contributed by atoms with E-state index in [9.17, 15) is 18.0 Å². The van der Waals surface area contributed by atoms with Crippen LogP contribution in [0, 0.1) is 5.92 Å². The maximum absolute atomic E-state index is 12.6. The number of carbonyl (C=O) groups is 2. The second-order valence-corrected chi connectivity index (χ2v) is 11.1. The Balaban J connectivity index is 1.69. The number of hydrogen-bond acceptors (Lipinski definition) is 9. The highest BCUT2D eigenvalue weighted by molar-refractivity contribution is 7.91. The summed E-state index contributed by atoms with van der Waals surface area (Å²) in [5, 5.41) is 5.95. The van der Waals surface area contributed by atoms with Gasteiger partial charge >= 0.3 is 5.97 Å². The molecule has 0 aliphatic heterocycles. The molecule has 2 heterocycles. The topological polar surface area (TPSA) is 140 Å². The molecule has 0 saturated heterocycles. The van der Waals surface area contributed by atoms with Gasteiger partial charge in [-0.2, -0.15) is 0 Å². The first-order valence-electron chi connectivity index (χ1n) is 11.8. The lowest BCUT2D eigenvalue weighted by Gasteiger charge is -2.17. The lowest BCUT2D eigenvalue weighted by atomic mass is 9.99. The lowest BCUT2D eigenvalue weighted by molar-refractivity contribution is -0.147. The van der Waals surface area contributed by atoms with Gasteiger partial charge in [0.25, 0.3) is 5.91 Å². The van der Waals surface area contributed by atoms with E-state index in [0.29, 0.717) is 18.5 Å². The van der Waals surface area contributed by atoms with Crippen LogP contribution in [-0.2, 0) is 25.8 Å². The van der Waals surface area contributed by atoms with Crippen LogP contribution < -0.4 is 10.6 Å². The molecular weight excluding hydrogens is 553 g/mol. The van der Waals surface area contributed by atoms with Gasteiger partial charge in [-0.3, -0.25) is 14.6 Å². The number of halogens is 2. The third-order valence-corrected chi connectivity index (χ3v) is 7.74. The van der Waals surface area contributed by atoms with Crippen LogP contribution in [0.2, 0.25) is 10.0 Å². The largest absolute Gasteiger partial charge is 0.466 e. The van der Waals surface area contributed by atoms with Gasteiger partial charge in [-0.25, -0.2) is 18.4 Å². The Morgan fingerprint density at radius 2 is 1.74 bits per heavy atom. The number of rotatable bonds is 12. The molecule has 0 fully saturated rings. The van der Waals surface area contributed by atoms with Crippen molar-refractivity contribution in [2.24, 2.45) is 5.92 Å². The zero-order valence-corrected chi connectivity index (χ0v) is 23.1. The van der Waals surface area contributed by atoms with E-state index in [-0.39, 0.29) is 45.4 Å². The average molecular weight is 580 g/mol. The number of carbonyl (C=O) groups excluding carboxylic acids is 2. The van der Waals surface area contributed by atoms with Crippen molar-refractivity contribution >= 4 is 56.4 Å². The number of esters is 1. The molecule has 38 heavy (non-hydrogen) atoms. The van der Waals surface area contributed by atoms with E-state index in [4.69, 9.17) is 27.9 Å². The van der Waals surface area contributed by atoms with Crippen molar-refractivity contribution in [3.63, 3.8) is 0 Å². The first kappa shape index (κ1) is 29.3. The summed E-state index contributed by atoms with van der Waals surface area (Å²) in [7, 11) is -3.51. The van der Waals surface area contributed by atoms with Gasteiger partial charge in [0.1, 0.15) is 12.1 Å². The zero-order chi connectivity index (χ0) is 27.7. The highest BCUT2D eigenvalue weighted by atomic mass is 35.5. The smallest absolute Gasteiger partial charge is 0.311 e. The van der Waals surface area contributed by atoms with Crippen molar-refractivity contribution in [1.82, 2.24) is 15.0 Å². The molecule has 0 bridgehead atoms. The molecule has 0 aliphatic carbocycles. The monoisotopic (exact) mass is 579 g/mol. The number of amides is 1. The molecule has 1 aromatic carbocycles. The minimum atomic E-state index is -3.51. The number of hydrogen-bond donors (Lipinski definition) is 2. The van der Waals surface area contributed by atoms with Crippen molar-refractivity contribution in [3.05, 3.63) is 70.2 Å². The fourth-order valence-electron chi connectivity index (χ4n) is 3.54. The summed E-state index contributed by atoms with van der Waals surface area (Å²) in [6.45, 7) is 3.86. The van der Waals surface area contributed by atoms with Gasteiger partial charge < -0.3 is 15.4 Å². The van der Waals surface area contributed by atoms with Crippen LogP contribution in [0.4, 0.5) is 11.5 Å². The van der Waals surface area contributed by atoms with Gasteiger partial charge in [0, 0.05) is 30.7 Å². The summed E-state index contributed by atoms with van der Waals surface area (Å²) in [6, 6.07) is 8.30. The Morgan fingerprint density at radius 3 is 2.37 bits per heavy atom. The summed E-state index contributed by atoms with van der Waals surface area (Å²) in [4.78, 5) is 37.0. The Hall–Kier alpha value is -3.28. The summed E-state index contributed by atoms with van der Waals surface area (Å²) in [5.41, 5.74) is 1.45. The Morgan fingerprint density at radius 1 is 1.05 bits per heavy atom. The Kier molecular flexibility index (Phi) is 10.4. The maximum atomic E-state index is 12.6. The Bertz CT molecular complexity index is 1370. The van der Waals surface area contributed by atoms with Crippen molar-refractivity contribution in [1.29, 1.82) is 0 Å². The molecule has 2 N–H and O–H groups in total. The number of pyridine rings is 1. The molecule has 0 radical (unpaired) electrons. The van der Waals surface area contributed by atoms with Crippen LogP contribution in [0.1, 0.15) is 36.2 Å². The van der Waals surface area contributed by atoms with E-state index in [1.54, 1.807) is 38.1 Å². The van der Waals surface area contributed by atoms with Gasteiger partial charge in [0.05, 0.1) is 33.9 Å². The summed E-state index contributed by atoms with van der Waals surface area (Å²) in [6.07, 6.45) is 4.63. The number of anilines is 2. The molecule has 0 aliphatic rings. The molecule has 0 saturated carbocycles. The molecule has 1 atom stereocenters. The van der Waals surface area contributed by atoms with Crippen molar-refractivity contribution in [2.75, 3.05) is 29.5 Å². The van der Waals surface area contributed by atoms with E-state index >= 15 is 0 Å². The fourth-order valence-corrected chi connectivity index (χ4v) is 5.32. The predicted octanol–water partition coefficient (Wildman–Crippen LogP) is 4.45. The minimum absolute atomic E-state index is 0.0199.